The highest BCUT2D eigenvalue weighted by molar-refractivity contribution is 6.01. The van der Waals surface area contributed by atoms with Gasteiger partial charge in [0.1, 0.15) is 11.3 Å². The average molecular weight is 327 g/mol. The number of anilines is 1. The number of carbonyl (C=O) groups excluding carboxylic acids is 1. The highest BCUT2D eigenvalue weighted by Gasteiger charge is 2.56. The quantitative estimate of drug-likeness (QED) is 0.720. The topological polar surface area (TPSA) is 33.5 Å². The number of fused-ring (bicyclic) bond motifs is 1. The third kappa shape index (κ3) is 2.37. The SMILES string of the molecule is O=C1N(c2ccccc2)C[C@@H](Cc2cc3ccccc3o2)C1(F)F. The van der Waals surface area contributed by atoms with E-state index in [1.54, 1.807) is 42.5 Å². The fourth-order valence-corrected chi connectivity index (χ4v) is 3.18. The Balaban J connectivity index is 1.62. The molecule has 3 aromatic rings. The Kier molecular flexibility index (Phi) is 3.37. The number of amides is 1. The third-order valence-electron chi connectivity index (χ3n) is 4.44. The standard InChI is InChI=1S/C19H15F2NO2/c20-19(21)14(11-16-10-13-6-4-5-9-17(13)24-16)12-22(18(19)23)15-7-2-1-3-8-15/h1-10,14H,11-12H2/t14-/m1/s1. The molecule has 0 spiro atoms. The van der Waals surface area contributed by atoms with Crippen molar-refractivity contribution in [3.8, 4) is 0 Å². The maximum atomic E-state index is 14.4. The van der Waals surface area contributed by atoms with E-state index in [2.05, 4.69) is 0 Å². The molecule has 0 N–H and O–H groups in total. The summed E-state index contributed by atoms with van der Waals surface area (Å²) in [7, 11) is 0. The zero-order valence-corrected chi connectivity index (χ0v) is 12.8. The molecule has 3 nitrogen and oxygen atoms in total. The van der Waals surface area contributed by atoms with Crippen LogP contribution in [0.25, 0.3) is 11.0 Å². The molecule has 1 saturated heterocycles. The number of alkyl halides is 2. The van der Waals surface area contributed by atoms with Gasteiger partial charge in [0.15, 0.2) is 0 Å². The summed E-state index contributed by atoms with van der Waals surface area (Å²) < 4.78 is 34.5. The summed E-state index contributed by atoms with van der Waals surface area (Å²) in [5.74, 6) is -5.17. The molecule has 0 saturated carbocycles. The van der Waals surface area contributed by atoms with Gasteiger partial charge < -0.3 is 9.32 Å². The van der Waals surface area contributed by atoms with E-state index in [4.69, 9.17) is 4.42 Å². The van der Waals surface area contributed by atoms with Crippen LogP contribution >= 0.6 is 0 Å². The first-order chi connectivity index (χ1) is 11.6. The number of benzene rings is 2. The Labute approximate surface area is 137 Å². The maximum Gasteiger partial charge on any atom is 0.330 e. The number of halogens is 2. The van der Waals surface area contributed by atoms with Crippen molar-refractivity contribution in [1.29, 1.82) is 0 Å². The van der Waals surface area contributed by atoms with Crippen molar-refractivity contribution in [3.63, 3.8) is 0 Å². The summed E-state index contributed by atoms with van der Waals surface area (Å²) in [6.07, 6.45) is 0.0246. The first-order valence-electron chi connectivity index (χ1n) is 7.78. The van der Waals surface area contributed by atoms with Gasteiger partial charge >= 0.3 is 5.92 Å². The van der Waals surface area contributed by atoms with Crippen LogP contribution in [0.15, 0.2) is 65.1 Å². The molecular weight excluding hydrogens is 312 g/mol. The van der Waals surface area contributed by atoms with E-state index in [1.807, 2.05) is 18.2 Å². The molecule has 1 atom stereocenters. The van der Waals surface area contributed by atoms with Crippen molar-refractivity contribution in [2.75, 3.05) is 11.4 Å². The summed E-state index contributed by atoms with van der Waals surface area (Å²) in [6, 6.07) is 17.7. The van der Waals surface area contributed by atoms with E-state index in [0.29, 0.717) is 17.0 Å². The van der Waals surface area contributed by atoms with Gasteiger partial charge in [-0.2, -0.15) is 8.78 Å². The largest absolute Gasteiger partial charge is 0.461 e. The van der Waals surface area contributed by atoms with E-state index in [-0.39, 0.29) is 13.0 Å². The van der Waals surface area contributed by atoms with E-state index in [1.165, 1.54) is 0 Å². The molecule has 2 aromatic carbocycles. The van der Waals surface area contributed by atoms with E-state index in [0.717, 1.165) is 10.3 Å². The van der Waals surface area contributed by atoms with Crippen LogP contribution in [-0.2, 0) is 11.2 Å². The van der Waals surface area contributed by atoms with Crippen LogP contribution in [0.5, 0.6) is 0 Å². The Hall–Kier alpha value is -2.69. The summed E-state index contributed by atoms with van der Waals surface area (Å²) in [5, 5.41) is 0.875. The monoisotopic (exact) mass is 327 g/mol. The van der Waals surface area contributed by atoms with E-state index in [9.17, 15) is 13.6 Å². The molecule has 1 aliphatic rings. The molecule has 24 heavy (non-hydrogen) atoms. The third-order valence-corrected chi connectivity index (χ3v) is 4.44. The number of para-hydroxylation sites is 2. The lowest BCUT2D eigenvalue weighted by Crippen LogP contribution is -2.35. The lowest BCUT2D eigenvalue weighted by Gasteiger charge is -2.15. The first-order valence-corrected chi connectivity index (χ1v) is 7.78. The molecule has 5 heteroatoms. The molecule has 0 radical (unpaired) electrons. The highest BCUT2D eigenvalue weighted by Crippen LogP contribution is 2.39. The van der Waals surface area contributed by atoms with Crippen LogP contribution in [0, 0.1) is 5.92 Å². The predicted octanol–water partition coefficient (Wildman–Crippen LogP) is 4.27. The van der Waals surface area contributed by atoms with Crippen LogP contribution in [0.3, 0.4) is 0 Å². The molecule has 0 bridgehead atoms. The normalized spacial score (nSPS) is 20.0. The molecule has 1 aliphatic heterocycles. The Morgan fingerprint density at radius 1 is 1.08 bits per heavy atom. The van der Waals surface area contributed by atoms with Crippen molar-refractivity contribution in [2.24, 2.45) is 5.92 Å². The van der Waals surface area contributed by atoms with E-state index < -0.39 is 17.7 Å². The van der Waals surface area contributed by atoms with Crippen molar-refractivity contribution in [1.82, 2.24) is 0 Å². The van der Waals surface area contributed by atoms with Gasteiger partial charge in [-0.25, -0.2) is 0 Å². The van der Waals surface area contributed by atoms with Crippen LogP contribution in [0.2, 0.25) is 0 Å². The Bertz CT molecular complexity index is 856. The van der Waals surface area contributed by atoms with Gasteiger partial charge in [0, 0.05) is 24.0 Å². The number of hydrogen-bond acceptors (Lipinski definition) is 2. The number of hydrogen-bond donors (Lipinski definition) is 0. The molecule has 1 fully saturated rings. The lowest BCUT2D eigenvalue weighted by molar-refractivity contribution is -0.142. The molecule has 0 unspecified atom stereocenters. The molecule has 2 heterocycles. The van der Waals surface area contributed by atoms with Crippen LogP contribution in [0.4, 0.5) is 14.5 Å². The minimum absolute atomic E-state index is 0.0209. The van der Waals surface area contributed by atoms with Gasteiger partial charge in [0.05, 0.1) is 5.92 Å². The van der Waals surface area contributed by atoms with Gasteiger partial charge in [0.2, 0.25) is 0 Å². The fraction of sp³-hybridized carbons (Fsp3) is 0.211. The summed E-state index contributed by atoms with van der Waals surface area (Å²) in [5.41, 5.74) is 1.16. The molecule has 122 valence electrons. The molecule has 4 rings (SSSR count). The number of rotatable bonds is 3. The van der Waals surface area contributed by atoms with Gasteiger partial charge in [-0.1, -0.05) is 36.4 Å². The Morgan fingerprint density at radius 2 is 1.79 bits per heavy atom. The van der Waals surface area contributed by atoms with Crippen LogP contribution in [-0.4, -0.2) is 18.4 Å². The average Bonchev–Trinajstić information content (AvgIpc) is 3.09. The van der Waals surface area contributed by atoms with Crippen molar-refractivity contribution in [2.45, 2.75) is 12.3 Å². The summed E-state index contributed by atoms with van der Waals surface area (Å²) >= 11 is 0. The lowest BCUT2D eigenvalue weighted by atomic mass is 9.99. The number of furan rings is 1. The number of carbonyl (C=O) groups is 1. The van der Waals surface area contributed by atoms with Crippen LogP contribution < -0.4 is 4.90 Å². The summed E-state index contributed by atoms with van der Waals surface area (Å²) in [6.45, 7) is -0.0209. The Morgan fingerprint density at radius 3 is 2.54 bits per heavy atom. The fourth-order valence-electron chi connectivity index (χ4n) is 3.18. The van der Waals surface area contributed by atoms with Crippen LogP contribution in [0.1, 0.15) is 5.76 Å². The molecule has 0 aliphatic carbocycles. The van der Waals surface area contributed by atoms with E-state index >= 15 is 0 Å². The first kappa shape index (κ1) is 14.9. The molecule has 1 aromatic heterocycles. The predicted molar refractivity (Wildman–Crippen MR) is 87.2 cm³/mol. The van der Waals surface area contributed by atoms with Crippen molar-refractivity contribution in [3.05, 3.63) is 66.4 Å². The minimum atomic E-state index is -3.39. The maximum absolute atomic E-state index is 14.4. The van der Waals surface area contributed by atoms with Gasteiger partial charge in [0.25, 0.3) is 5.91 Å². The second kappa shape index (κ2) is 5.44. The highest BCUT2D eigenvalue weighted by atomic mass is 19.3. The zero-order chi connectivity index (χ0) is 16.7. The molecular formula is C19H15F2NO2. The van der Waals surface area contributed by atoms with Crippen molar-refractivity contribution < 1.29 is 18.0 Å². The smallest absolute Gasteiger partial charge is 0.330 e. The van der Waals surface area contributed by atoms with Gasteiger partial charge in [-0.3, -0.25) is 4.79 Å². The second-order valence-electron chi connectivity index (χ2n) is 6.03. The molecule has 1 amide bonds. The summed E-state index contributed by atoms with van der Waals surface area (Å²) in [4.78, 5) is 13.3. The minimum Gasteiger partial charge on any atom is -0.461 e. The zero-order valence-electron chi connectivity index (χ0n) is 12.8. The number of nitrogens with zero attached hydrogens (tertiary/aromatic N) is 1. The van der Waals surface area contributed by atoms with Gasteiger partial charge in [-0.05, 0) is 24.3 Å². The van der Waals surface area contributed by atoms with Crippen molar-refractivity contribution >= 4 is 22.6 Å². The second-order valence-corrected chi connectivity index (χ2v) is 6.03. The van der Waals surface area contributed by atoms with Gasteiger partial charge in [-0.15, -0.1) is 0 Å².